The molecular weight excluding hydrogens is 334 g/mol. The molecule has 0 aliphatic heterocycles. The quantitative estimate of drug-likeness (QED) is 0.903. The maximum Gasteiger partial charge on any atom is 0.273 e. The average molecular weight is 346 g/mol. The molecule has 0 saturated carbocycles. The number of hydrogen-bond acceptors (Lipinski definition) is 5. The van der Waals surface area contributed by atoms with Crippen LogP contribution in [0.4, 0.5) is 0 Å². The van der Waals surface area contributed by atoms with Crippen LogP contribution in [-0.4, -0.2) is 28.2 Å². The first-order valence-electron chi connectivity index (χ1n) is 5.40. The minimum Gasteiger partial charge on any atom is -0.293 e. The van der Waals surface area contributed by atoms with E-state index in [1.54, 1.807) is 18.3 Å². The number of primary sulfonamides is 1. The van der Waals surface area contributed by atoms with Crippen molar-refractivity contribution in [2.24, 2.45) is 5.14 Å². The number of sulfonamides is 1. The lowest BCUT2D eigenvalue weighted by atomic mass is 10.3. The standard InChI is InChI=1S/C10H12BrN5O2S/c1-6(2)16-9(8-4-3-7(11)5-13-8)14-15-10(16)19(12,17)18/h3-6H,1-2H3,(H2,12,17,18). The summed E-state index contributed by atoms with van der Waals surface area (Å²) < 4.78 is 25.2. The normalized spacial score (nSPS) is 12.1. The second kappa shape index (κ2) is 4.99. The minimum atomic E-state index is -3.92. The van der Waals surface area contributed by atoms with Crippen molar-refractivity contribution < 1.29 is 8.42 Å². The second-order valence-electron chi connectivity index (χ2n) is 4.18. The van der Waals surface area contributed by atoms with Crippen LogP contribution in [0.2, 0.25) is 0 Å². The highest BCUT2D eigenvalue weighted by molar-refractivity contribution is 9.10. The zero-order valence-electron chi connectivity index (χ0n) is 10.3. The van der Waals surface area contributed by atoms with Crippen molar-refractivity contribution in [3.63, 3.8) is 0 Å². The van der Waals surface area contributed by atoms with Gasteiger partial charge in [0.05, 0.1) is 0 Å². The Morgan fingerprint density at radius 1 is 1.32 bits per heavy atom. The van der Waals surface area contributed by atoms with E-state index in [9.17, 15) is 8.42 Å². The Labute approximate surface area is 119 Å². The molecule has 0 aromatic carbocycles. The molecule has 0 spiro atoms. The smallest absolute Gasteiger partial charge is 0.273 e. The highest BCUT2D eigenvalue weighted by atomic mass is 79.9. The van der Waals surface area contributed by atoms with Crippen LogP contribution in [-0.2, 0) is 10.0 Å². The monoisotopic (exact) mass is 345 g/mol. The summed E-state index contributed by atoms with van der Waals surface area (Å²) in [6.45, 7) is 3.64. The van der Waals surface area contributed by atoms with E-state index >= 15 is 0 Å². The minimum absolute atomic E-state index is 0.163. The molecule has 0 amide bonds. The third-order valence-electron chi connectivity index (χ3n) is 2.39. The van der Waals surface area contributed by atoms with Crippen LogP contribution in [0.3, 0.4) is 0 Å². The molecule has 0 radical (unpaired) electrons. The molecule has 0 aliphatic rings. The van der Waals surface area contributed by atoms with Gasteiger partial charge in [0.1, 0.15) is 5.69 Å². The third kappa shape index (κ3) is 2.82. The Kier molecular flexibility index (Phi) is 3.70. The number of rotatable bonds is 3. The number of nitrogens with two attached hydrogens (primary N) is 1. The van der Waals surface area contributed by atoms with E-state index in [1.807, 2.05) is 13.8 Å². The summed E-state index contributed by atoms with van der Waals surface area (Å²) in [5, 5.41) is 12.4. The fraction of sp³-hybridized carbons (Fsp3) is 0.300. The summed E-state index contributed by atoms with van der Waals surface area (Å²) in [6.07, 6.45) is 1.60. The van der Waals surface area contributed by atoms with Gasteiger partial charge in [-0.05, 0) is 41.9 Å². The molecule has 102 valence electrons. The molecule has 2 rings (SSSR count). The van der Waals surface area contributed by atoms with E-state index in [4.69, 9.17) is 5.14 Å². The zero-order chi connectivity index (χ0) is 14.2. The molecule has 2 N–H and O–H groups in total. The lowest BCUT2D eigenvalue weighted by Gasteiger charge is -2.12. The van der Waals surface area contributed by atoms with E-state index in [-0.39, 0.29) is 11.2 Å². The molecule has 7 nitrogen and oxygen atoms in total. The van der Waals surface area contributed by atoms with E-state index in [0.29, 0.717) is 11.5 Å². The largest absolute Gasteiger partial charge is 0.293 e. The molecule has 0 saturated heterocycles. The van der Waals surface area contributed by atoms with Gasteiger partial charge in [-0.2, -0.15) is 0 Å². The van der Waals surface area contributed by atoms with Crippen LogP contribution >= 0.6 is 15.9 Å². The van der Waals surface area contributed by atoms with Crippen LogP contribution in [0.1, 0.15) is 19.9 Å². The van der Waals surface area contributed by atoms with Crippen molar-refractivity contribution >= 4 is 26.0 Å². The Morgan fingerprint density at radius 3 is 2.47 bits per heavy atom. The molecule has 2 aromatic rings. The number of nitrogens with zero attached hydrogens (tertiary/aromatic N) is 4. The molecule has 2 heterocycles. The average Bonchev–Trinajstić information content (AvgIpc) is 2.74. The highest BCUT2D eigenvalue weighted by Crippen LogP contribution is 2.23. The van der Waals surface area contributed by atoms with Crippen LogP contribution in [0, 0.1) is 0 Å². The number of pyridine rings is 1. The van der Waals surface area contributed by atoms with Crippen molar-refractivity contribution in [3.8, 4) is 11.5 Å². The van der Waals surface area contributed by atoms with Crippen molar-refractivity contribution in [1.82, 2.24) is 19.7 Å². The maximum atomic E-state index is 11.5. The summed E-state index contributed by atoms with van der Waals surface area (Å²) in [6, 6.07) is 3.35. The highest BCUT2D eigenvalue weighted by Gasteiger charge is 2.24. The Balaban J connectivity index is 2.65. The molecule has 0 bridgehead atoms. The summed E-state index contributed by atoms with van der Waals surface area (Å²) >= 11 is 3.28. The maximum absolute atomic E-state index is 11.5. The first kappa shape index (κ1) is 14.1. The number of halogens is 1. The number of hydrogen-bond donors (Lipinski definition) is 1. The fourth-order valence-corrected chi connectivity index (χ4v) is 2.58. The van der Waals surface area contributed by atoms with Gasteiger partial charge < -0.3 is 0 Å². The molecule has 0 unspecified atom stereocenters. The molecule has 0 atom stereocenters. The van der Waals surface area contributed by atoms with E-state index in [1.165, 1.54) is 4.57 Å². The number of aromatic nitrogens is 4. The second-order valence-corrected chi connectivity index (χ2v) is 6.55. The van der Waals surface area contributed by atoms with Crippen molar-refractivity contribution in [2.75, 3.05) is 0 Å². The Morgan fingerprint density at radius 2 is 2.00 bits per heavy atom. The third-order valence-corrected chi connectivity index (χ3v) is 3.65. The molecule has 0 aliphatic carbocycles. The Hall–Kier alpha value is -1.32. The van der Waals surface area contributed by atoms with Gasteiger partial charge in [0.25, 0.3) is 15.2 Å². The van der Waals surface area contributed by atoms with Gasteiger partial charge in [0.15, 0.2) is 5.82 Å². The molecule has 2 aromatic heterocycles. The SMILES string of the molecule is CC(C)n1c(-c2ccc(Br)cn2)nnc1S(N)(=O)=O. The van der Waals surface area contributed by atoms with Crippen molar-refractivity contribution in [3.05, 3.63) is 22.8 Å². The van der Waals surface area contributed by atoms with Gasteiger partial charge in [-0.25, -0.2) is 13.6 Å². The van der Waals surface area contributed by atoms with Gasteiger partial charge in [-0.15, -0.1) is 10.2 Å². The zero-order valence-corrected chi connectivity index (χ0v) is 12.7. The van der Waals surface area contributed by atoms with Gasteiger partial charge in [0, 0.05) is 16.7 Å². The topological polar surface area (TPSA) is 104 Å². The van der Waals surface area contributed by atoms with E-state index in [0.717, 1.165) is 4.47 Å². The van der Waals surface area contributed by atoms with Crippen LogP contribution in [0.5, 0.6) is 0 Å². The predicted octanol–water partition coefficient (Wildman–Crippen LogP) is 1.33. The lowest BCUT2D eigenvalue weighted by Crippen LogP contribution is -2.20. The Bertz CT molecular complexity index is 693. The van der Waals surface area contributed by atoms with Crippen LogP contribution in [0.15, 0.2) is 28.0 Å². The van der Waals surface area contributed by atoms with E-state index < -0.39 is 10.0 Å². The molecule has 19 heavy (non-hydrogen) atoms. The van der Waals surface area contributed by atoms with Gasteiger partial charge >= 0.3 is 0 Å². The summed E-state index contributed by atoms with van der Waals surface area (Å²) in [7, 11) is -3.92. The van der Waals surface area contributed by atoms with Gasteiger partial charge in [-0.1, -0.05) is 0 Å². The molecule has 9 heteroatoms. The lowest BCUT2D eigenvalue weighted by molar-refractivity contribution is 0.524. The summed E-state index contributed by atoms with van der Waals surface area (Å²) in [5.41, 5.74) is 0.527. The predicted molar refractivity (Wildman–Crippen MR) is 72.7 cm³/mol. The van der Waals surface area contributed by atoms with Crippen molar-refractivity contribution in [2.45, 2.75) is 25.0 Å². The molecule has 0 fully saturated rings. The fourth-order valence-electron chi connectivity index (χ4n) is 1.62. The van der Waals surface area contributed by atoms with Crippen LogP contribution in [0.25, 0.3) is 11.5 Å². The van der Waals surface area contributed by atoms with Gasteiger partial charge in [0.2, 0.25) is 0 Å². The van der Waals surface area contributed by atoms with E-state index in [2.05, 4.69) is 31.1 Å². The first-order chi connectivity index (χ1) is 8.80. The van der Waals surface area contributed by atoms with Crippen LogP contribution < -0.4 is 5.14 Å². The van der Waals surface area contributed by atoms with Gasteiger partial charge in [-0.3, -0.25) is 9.55 Å². The van der Waals surface area contributed by atoms with Crippen molar-refractivity contribution in [1.29, 1.82) is 0 Å². The summed E-state index contributed by atoms with van der Waals surface area (Å²) in [4.78, 5) is 4.18. The first-order valence-corrected chi connectivity index (χ1v) is 7.74. The summed E-state index contributed by atoms with van der Waals surface area (Å²) in [5.74, 6) is 0.367. The molecular formula is C10H12BrN5O2S.